The highest BCUT2D eigenvalue weighted by molar-refractivity contribution is 6.60. The second kappa shape index (κ2) is 3.90. The van der Waals surface area contributed by atoms with Gasteiger partial charge in [-0.1, -0.05) is 13.0 Å². The molecule has 0 saturated carbocycles. The van der Waals surface area contributed by atoms with E-state index >= 15 is 0 Å². The largest absolute Gasteiger partial charge is 0.416 e. The van der Waals surface area contributed by atoms with Crippen molar-refractivity contribution in [3.05, 3.63) is 11.8 Å². The zero-order valence-electron chi connectivity index (χ0n) is 6.18. The van der Waals surface area contributed by atoms with Crippen molar-refractivity contribution in [3.63, 3.8) is 0 Å². The Morgan fingerprint density at radius 1 is 1.60 bits per heavy atom. The van der Waals surface area contributed by atoms with E-state index in [9.17, 15) is 0 Å². The van der Waals surface area contributed by atoms with Crippen molar-refractivity contribution in [1.29, 1.82) is 0 Å². The second-order valence-electron chi connectivity index (χ2n) is 2.67. The van der Waals surface area contributed by atoms with E-state index in [0.717, 1.165) is 11.8 Å². The number of hydrogen-bond donors (Lipinski definition) is 1. The quantitative estimate of drug-likeness (QED) is 0.597. The molecule has 1 fully saturated rings. The molecule has 3 heteroatoms. The summed E-state index contributed by atoms with van der Waals surface area (Å²) in [7, 11) is -1.16. The van der Waals surface area contributed by atoms with Gasteiger partial charge in [0.2, 0.25) is 9.04 Å². The second-order valence-corrected chi connectivity index (χ2v) is 5.38. The molecule has 1 unspecified atom stereocenters. The summed E-state index contributed by atoms with van der Waals surface area (Å²) in [4.78, 5) is 0. The molecule has 0 aromatic rings. The van der Waals surface area contributed by atoms with E-state index in [-0.39, 0.29) is 6.61 Å². The Balaban J connectivity index is 2.31. The molecular weight excluding hydrogens is 144 g/mol. The lowest BCUT2D eigenvalue weighted by molar-refractivity contribution is 0.281. The van der Waals surface area contributed by atoms with Crippen molar-refractivity contribution >= 4 is 9.04 Å². The Morgan fingerprint density at radius 3 is 2.90 bits per heavy atom. The first-order valence-corrected chi connectivity index (χ1v) is 5.61. The smallest absolute Gasteiger partial charge is 0.205 e. The molecule has 0 aromatic carbocycles. The lowest BCUT2D eigenvalue weighted by Gasteiger charge is -2.21. The van der Waals surface area contributed by atoms with E-state index in [0.29, 0.717) is 0 Å². The molecule has 0 spiro atoms. The lowest BCUT2D eigenvalue weighted by Crippen LogP contribution is -2.26. The third-order valence-corrected chi connectivity index (χ3v) is 4.50. The van der Waals surface area contributed by atoms with Gasteiger partial charge in [-0.2, -0.15) is 0 Å². The van der Waals surface area contributed by atoms with E-state index in [2.05, 4.69) is 6.58 Å². The maximum absolute atomic E-state index is 8.74. The van der Waals surface area contributed by atoms with E-state index in [1.165, 1.54) is 18.9 Å². The molecule has 1 rings (SSSR count). The van der Waals surface area contributed by atoms with E-state index in [1.54, 1.807) is 0 Å². The minimum Gasteiger partial charge on any atom is -0.416 e. The normalized spacial score (nSPS) is 26.3. The molecule has 1 heterocycles. The van der Waals surface area contributed by atoms with Crippen LogP contribution in [0.15, 0.2) is 11.8 Å². The molecule has 1 aliphatic heterocycles. The highest BCUT2D eigenvalue weighted by atomic mass is 28.3. The average Bonchev–Trinajstić information content (AvgIpc) is 2.05. The molecule has 2 nitrogen and oxygen atoms in total. The monoisotopic (exact) mass is 158 g/mol. The maximum atomic E-state index is 8.74. The van der Waals surface area contributed by atoms with Crippen molar-refractivity contribution in [1.82, 2.24) is 0 Å². The summed E-state index contributed by atoms with van der Waals surface area (Å²) in [6.45, 7) is 4.79. The minimum absolute atomic E-state index is 0.122. The first-order chi connectivity index (χ1) is 4.84. The summed E-state index contributed by atoms with van der Waals surface area (Å²) in [5, 5.41) is 9.70. The number of hydrogen-bond acceptors (Lipinski definition) is 2. The van der Waals surface area contributed by atoms with Crippen molar-refractivity contribution < 1.29 is 9.53 Å². The van der Waals surface area contributed by atoms with Crippen LogP contribution in [0.1, 0.15) is 12.8 Å². The Morgan fingerprint density at radius 2 is 2.40 bits per heavy atom. The molecule has 1 aliphatic rings. The fourth-order valence-electron chi connectivity index (χ4n) is 1.16. The predicted octanol–water partition coefficient (Wildman–Crippen LogP) is 0.608. The van der Waals surface area contributed by atoms with Crippen LogP contribution in [0.2, 0.25) is 6.04 Å². The highest BCUT2D eigenvalue weighted by Crippen LogP contribution is 2.15. The van der Waals surface area contributed by atoms with Crippen molar-refractivity contribution in [2.75, 3.05) is 13.2 Å². The molecule has 58 valence electrons. The molecule has 10 heavy (non-hydrogen) atoms. The molecule has 0 aromatic heterocycles. The van der Waals surface area contributed by atoms with Gasteiger partial charge in [0, 0.05) is 6.61 Å². The van der Waals surface area contributed by atoms with E-state index < -0.39 is 9.04 Å². The fraction of sp³-hybridized carbons (Fsp3) is 0.714. The van der Waals surface area contributed by atoms with Crippen LogP contribution >= 0.6 is 0 Å². The summed E-state index contributed by atoms with van der Waals surface area (Å²) in [6.07, 6.45) is 2.44. The molecule has 1 saturated heterocycles. The van der Waals surface area contributed by atoms with Crippen molar-refractivity contribution in [2.45, 2.75) is 18.9 Å². The summed E-state index contributed by atoms with van der Waals surface area (Å²) in [6, 6.07) is 1.17. The Hall–Kier alpha value is -0.123. The molecule has 0 radical (unpaired) electrons. The Bertz CT molecular complexity index is 119. The van der Waals surface area contributed by atoms with Crippen molar-refractivity contribution in [3.8, 4) is 0 Å². The van der Waals surface area contributed by atoms with E-state index in [4.69, 9.17) is 9.53 Å². The lowest BCUT2D eigenvalue weighted by atomic mass is 10.4. The molecule has 0 aliphatic carbocycles. The van der Waals surface area contributed by atoms with Crippen LogP contribution in [0.3, 0.4) is 0 Å². The van der Waals surface area contributed by atoms with Crippen LogP contribution in [0, 0.1) is 0 Å². The van der Waals surface area contributed by atoms with Crippen LogP contribution in [-0.2, 0) is 4.43 Å². The van der Waals surface area contributed by atoms with Gasteiger partial charge in [0.05, 0.1) is 6.61 Å². The Labute approximate surface area is 63.2 Å². The third kappa shape index (κ3) is 1.93. The molecule has 1 atom stereocenters. The van der Waals surface area contributed by atoms with Gasteiger partial charge in [0.15, 0.2) is 0 Å². The molecule has 1 N–H and O–H groups in total. The van der Waals surface area contributed by atoms with Gasteiger partial charge < -0.3 is 9.53 Å². The molecule has 0 bridgehead atoms. The maximum Gasteiger partial charge on any atom is 0.205 e. The number of rotatable bonds is 2. The van der Waals surface area contributed by atoms with Gasteiger partial charge >= 0.3 is 0 Å². The van der Waals surface area contributed by atoms with Crippen LogP contribution in [0.4, 0.5) is 0 Å². The topological polar surface area (TPSA) is 29.5 Å². The van der Waals surface area contributed by atoms with Crippen LogP contribution < -0.4 is 0 Å². The fourth-order valence-corrected chi connectivity index (χ4v) is 3.29. The number of aliphatic hydroxyl groups is 1. The highest BCUT2D eigenvalue weighted by Gasteiger charge is 2.18. The van der Waals surface area contributed by atoms with E-state index in [1.807, 2.05) is 0 Å². The zero-order chi connectivity index (χ0) is 7.40. The molecular formula is C7H14O2Si. The van der Waals surface area contributed by atoms with Gasteiger partial charge in [-0.3, -0.25) is 0 Å². The van der Waals surface area contributed by atoms with Gasteiger partial charge in [0.25, 0.3) is 0 Å². The average molecular weight is 158 g/mol. The van der Waals surface area contributed by atoms with Crippen LogP contribution in [0.25, 0.3) is 0 Å². The predicted molar refractivity (Wildman–Crippen MR) is 43.4 cm³/mol. The number of aliphatic hydroxyl groups excluding tert-OH is 1. The van der Waals surface area contributed by atoms with Gasteiger partial charge in [0.1, 0.15) is 0 Å². The first-order valence-electron chi connectivity index (χ1n) is 3.74. The van der Waals surface area contributed by atoms with Gasteiger partial charge in [-0.25, -0.2) is 0 Å². The SMILES string of the molecule is C=C(CO)[SiH]1CCCCO1. The summed E-state index contributed by atoms with van der Waals surface area (Å²) in [5.74, 6) is 0. The standard InChI is InChI=1S/C7H14O2Si/c1-7(6-8)10-5-3-2-4-9-10/h8,10H,1-6H2. The first kappa shape index (κ1) is 7.98. The summed E-state index contributed by atoms with van der Waals surface area (Å²) >= 11 is 0. The third-order valence-electron chi connectivity index (χ3n) is 1.84. The van der Waals surface area contributed by atoms with Crippen LogP contribution in [-0.4, -0.2) is 27.4 Å². The summed E-state index contributed by atoms with van der Waals surface area (Å²) in [5.41, 5.74) is 0. The zero-order valence-corrected chi connectivity index (χ0v) is 7.33. The molecule has 0 amide bonds. The Kier molecular flexibility index (Phi) is 3.12. The van der Waals surface area contributed by atoms with Crippen molar-refractivity contribution in [2.24, 2.45) is 0 Å². The van der Waals surface area contributed by atoms with Crippen LogP contribution in [0.5, 0.6) is 0 Å². The van der Waals surface area contributed by atoms with Gasteiger partial charge in [-0.15, -0.1) is 0 Å². The van der Waals surface area contributed by atoms with Gasteiger partial charge in [-0.05, 0) is 17.7 Å². The summed E-state index contributed by atoms with van der Waals surface area (Å²) < 4.78 is 5.51. The minimum atomic E-state index is -1.16.